The standard InChI is InChI=1S/C17H19O.BrH.Zn/c1-17(2,3)15-9-11-16(12-10-15)18-13-14-7-5-4-6-8-14;;/h5-12H,13H2,1-3H3;1H;/q-1;;+2/p-1. The number of halogens is 1. The summed E-state index contributed by atoms with van der Waals surface area (Å²) in [6.07, 6.45) is 0. The second-order valence-electron chi connectivity index (χ2n) is 5.47. The van der Waals surface area contributed by atoms with E-state index in [1.54, 1.807) is 0 Å². The van der Waals surface area contributed by atoms with Gasteiger partial charge in [0, 0.05) is 0 Å². The maximum absolute atomic E-state index is 5.75. The molecule has 0 aliphatic rings. The van der Waals surface area contributed by atoms with Crippen LogP contribution in [-0.4, -0.2) is 0 Å². The fourth-order valence-corrected chi connectivity index (χ4v) is 1.74. The molecule has 0 saturated carbocycles. The van der Waals surface area contributed by atoms with Crippen LogP contribution in [0.1, 0.15) is 31.9 Å². The molecular formula is C17H19BrOZn. The van der Waals surface area contributed by atoms with Crippen molar-refractivity contribution in [3.63, 3.8) is 0 Å². The Balaban J connectivity index is 0.000000956. The molecule has 0 atom stereocenters. The molecule has 0 aromatic heterocycles. The van der Waals surface area contributed by atoms with Crippen LogP contribution < -0.4 is 4.74 Å². The first-order valence-corrected chi connectivity index (χ1v) is 13.5. The van der Waals surface area contributed by atoms with E-state index in [4.69, 9.17) is 4.74 Å². The zero-order valence-electron chi connectivity index (χ0n) is 12.3. The maximum atomic E-state index is 5.75. The van der Waals surface area contributed by atoms with Crippen molar-refractivity contribution in [3.05, 3.63) is 65.7 Å². The average Bonchev–Trinajstić information content (AvgIpc) is 2.48. The zero-order chi connectivity index (χ0) is 15.0. The molecule has 2 rings (SSSR count). The molecule has 2 aromatic rings. The molecule has 20 heavy (non-hydrogen) atoms. The summed E-state index contributed by atoms with van der Waals surface area (Å²) in [7, 11) is 0. The molecule has 0 unspecified atom stereocenters. The molecule has 0 fully saturated rings. The van der Waals surface area contributed by atoms with Crippen LogP contribution in [0.25, 0.3) is 0 Å². The van der Waals surface area contributed by atoms with E-state index in [1.807, 2.05) is 36.4 Å². The third-order valence-electron chi connectivity index (χ3n) is 2.91. The van der Waals surface area contributed by atoms with Crippen LogP contribution in [0.5, 0.6) is 5.75 Å². The Kier molecular flexibility index (Phi) is 7.47. The third kappa shape index (κ3) is 5.77. The van der Waals surface area contributed by atoms with Gasteiger partial charge in [-0.2, -0.15) is 30.3 Å². The van der Waals surface area contributed by atoms with Gasteiger partial charge in [-0.3, -0.25) is 0 Å². The normalized spacial score (nSPS) is 10.5. The van der Waals surface area contributed by atoms with Crippen LogP contribution in [0, 0.1) is 6.07 Å². The monoisotopic (exact) mass is 382 g/mol. The number of rotatable bonds is 3. The molecule has 3 heteroatoms. The molecule has 0 bridgehead atoms. The molecular weight excluding hydrogens is 365 g/mol. The SMILES string of the molecule is CC(C)(C)c1ccc(OCc2cc[c-]cc2)cc1.[Zn+][Br]. The van der Waals surface area contributed by atoms with Gasteiger partial charge < -0.3 is 4.74 Å². The van der Waals surface area contributed by atoms with E-state index in [-0.39, 0.29) is 5.41 Å². The van der Waals surface area contributed by atoms with Crippen LogP contribution in [0.4, 0.5) is 0 Å². The van der Waals surface area contributed by atoms with Gasteiger partial charge in [0.25, 0.3) is 0 Å². The Hall–Kier alpha value is -0.657. The number of hydrogen-bond donors (Lipinski definition) is 0. The van der Waals surface area contributed by atoms with Crippen LogP contribution >= 0.6 is 13.6 Å². The third-order valence-corrected chi connectivity index (χ3v) is 2.91. The quantitative estimate of drug-likeness (QED) is 0.522. The molecule has 2 aromatic carbocycles. The van der Waals surface area contributed by atoms with Gasteiger partial charge in [0.05, 0.1) is 6.61 Å². The van der Waals surface area contributed by atoms with Crippen LogP contribution in [0.2, 0.25) is 0 Å². The van der Waals surface area contributed by atoms with Gasteiger partial charge in [-0.15, -0.1) is 5.56 Å². The van der Waals surface area contributed by atoms with Crippen molar-refractivity contribution >= 4 is 13.6 Å². The van der Waals surface area contributed by atoms with E-state index < -0.39 is 0 Å². The molecule has 0 radical (unpaired) electrons. The van der Waals surface area contributed by atoms with Crippen molar-refractivity contribution in [3.8, 4) is 5.75 Å². The van der Waals surface area contributed by atoms with Gasteiger partial charge >= 0.3 is 30.0 Å². The van der Waals surface area contributed by atoms with Crippen molar-refractivity contribution in [2.24, 2.45) is 0 Å². The second kappa shape index (κ2) is 8.59. The van der Waals surface area contributed by atoms with Crippen molar-refractivity contribution in [2.45, 2.75) is 32.8 Å². The Morgan fingerprint density at radius 3 is 2.05 bits per heavy atom. The van der Waals surface area contributed by atoms with Crippen LogP contribution in [0.15, 0.2) is 48.5 Å². The molecule has 0 aliphatic heterocycles. The first-order valence-electron chi connectivity index (χ1n) is 6.51. The predicted molar refractivity (Wildman–Crippen MR) is 83.7 cm³/mol. The Morgan fingerprint density at radius 1 is 1.00 bits per heavy atom. The summed E-state index contributed by atoms with van der Waals surface area (Å²) >= 11 is 4.25. The van der Waals surface area contributed by atoms with Gasteiger partial charge in [0.2, 0.25) is 0 Å². The Bertz CT molecular complexity index is 489. The Labute approximate surface area is 138 Å². The first-order chi connectivity index (χ1) is 9.55. The average molecular weight is 385 g/mol. The molecule has 0 amide bonds. The summed E-state index contributed by atoms with van der Waals surface area (Å²) in [6.45, 7) is 7.24. The molecule has 0 saturated heterocycles. The summed E-state index contributed by atoms with van der Waals surface area (Å²) in [6, 6.07) is 19.2. The fourth-order valence-electron chi connectivity index (χ4n) is 1.74. The molecule has 0 N–H and O–H groups in total. The molecule has 102 valence electrons. The van der Waals surface area contributed by atoms with E-state index in [9.17, 15) is 0 Å². The number of hydrogen-bond acceptors (Lipinski definition) is 1. The summed E-state index contributed by atoms with van der Waals surface area (Å²) in [5.74, 6) is 0.913. The molecule has 0 spiro atoms. The van der Waals surface area contributed by atoms with Gasteiger partial charge in [-0.1, -0.05) is 32.9 Å². The summed E-state index contributed by atoms with van der Waals surface area (Å²) in [4.78, 5) is 0. The summed E-state index contributed by atoms with van der Waals surface area (Å²) in [5, 5.41) is 0. The second-order valence-corrected chi connectivity index (χ2v) is 5.47. The summed E-state index contributed by atoms with van der Waals surface area (Å²) < 4.78 is 5.75. The fraction of sp³-hybridized carbons (Fsp3) is 0.294. The zero-order valence-corrected chi connectivity index (χ0v) is 16.9. The van der Waals surface area contributed by atoms with Gasteiger partial charge in [0.15, 0.2) is 0 Å². The van der Waals surface area contributed by atoms with E-state index in [0.29, 0.717) is 6.61 Å². The predicted octanol–water partition coefficient (Wildman–Crippen LogP) is 5.21. The van der Waals surface area contributed by atoms with Crippen molar-refractivity contribution in [1.29, 1.82) is 0 Å². The van der Waals surface area contributed by atoms with Gasteiger partial charge in [-0.05, 0) is 23.1 Å². The summed E-state index contributed by atoms with van der Waals surface area (Å²) in [5.41, 5.74) is 2.67. The van der Waals surface area contributed by atoms with E-state index in [0.717, 1.165) is 11.3 Å². The Morgan fingerprint density at radius 2 is 1.55 bits per heavy atom. The number of benzene rings is 2. The molecule has 1 nitrogen and oxygen atoms in total. The van der Waals surface area contributed by atoms with E-state index in [2.05, 4.69) is 52.6 Å². The molecule has 0 aliphatic carbocycles. The van der Waals surface area contributed by atoms with E-state index >= 15 is 0 Å². The van der Waals surface area contributed by atoms with Crippen molar-refractivity contribution in [2.75, 3.05) is 0 Å². The van der Waals surface area contributed by atoms with Crippen LogP contribution in [0.3, 0.4) is 0 Å². The topological polar surface area (TPSA) is 9.23 Å². The van der Waals surface area contributed by atoms with E-state index in [1.165, 1.54) is 21.9 Å². The van der Waals surface area contributed by atoms with Crippen molar-refractivity contribution < 1.29 is 21.1 Å². The number of ether oxygens (including phenoxy) is 1. The van der Waals surface area contributed by atoms with Gasteiger partial charge in [-0.25, -0.2) is 0 Å². The van der Waals surface area contributed by atoms with Gasteiger partial charge in [0.1, 0.15) is 5.75 Å². The van der Waals surface area contributed by atoms with Crippen LogP contribution in [-0.2, 0) is 28.4 Å². The molecule has 0 heterocycles. The van der Waals surface area contributed by atoms with Crippen molar-refractivity contribution in [1.82, 2.24) is 0 Å². The minimum absolute atomic E-state index is 0.188. The minimum atomic E-state index is 0.188. The first kappa shape index (κ1) is 17.4.